The van der Waals surface area contributed by atoms with Gasteiger partial charge in [0.1, 0.15) is 6.17 Å². The van der Waals surface area contributed by atoms with Crippen molar-refractivity contribution in [3.8, 4) is 0 Å². The van der Waals surface area contributed by atoms with Crippen molar-refractivity contribution in [3.05, 3.63) is 124 Å². The van der Waals surface area contributed by atoms with Gasteiger partial charge in [0.15, 0.2) is 0 Å². The molecule has 182 valence electrons. The Morgan fingerprint density at radius 1 is 1.11 bits per heavy atom. The van der Waals surface area contributed by atoms with Gasteiger partial charge in [-0.15, -0.1) is 0 Å². The zero-order chi connectivity index (χ0) is 24.7. The van der Waals surface area contributed by atoms with E-state index in [2.05, 4.69) is 75.3 Å². The van der Waals surface area contributed by atoms with E-state index in [9.17, 15) is 4.79 Å². The van der Waals surface area contributed by atoms with Gasteiger partial charge in [-0.05, 0) is 47.6 Å². The van der Waals surface area contributed by atoms with Crippen molar-refractivity contribution in [3.63, 3.8) is 0 Å². The van der Waals surface area contributed by atoms with E-state index < -0.39 is 0 Å². The third-order valence-corrected chi connectivity index (χ3v) is 6.88. The first-order valence-corrected chi connectivity index (χ1v) is 12.5. The monoisotopic (exact) mass is 478 g/mol. The molecule has 1 amide bonds. The minimum Gasteiger partial charge on any atom is -0.363 e. The Hall–Kier alpha value is -4.06. The molecule has 0 fully saturated rings. The van der Waals surface area contributed by atoms with Crippen molar-refractivity contribution in [1.82, 2.24) is 10.2 Å². The molecule has 0 saturated heterocycles. The number of benzene rings is 2. The molecule has 2 aliphatic carbocycles. The van der Waals surface area contributed by atoms with Crippen LogP contribution in [0.25, 0.3) is 10.4 Å². The van der Waals surface area contributed by atoms with Crippen molar-refractivity contribution < 1.29 is 4.79 Å². The summed E-state index contributed by atoms with van der Waals surface area (Å²) in [5.41, 5.74) is 13.4. The quantitative estimate of drug-likeness (QED) is 0.269. The number of nitrogens with one attached hydrogen (secondary N) is 2. The molecule has 1 heterocycles. The van der Waals surface area contributed by atoms with Crippen molar-refractivity contribution in [1.29, 1.82) is 0 Å². The normalized spacial score (nSPS) is 21.3. The second kappa shape index (κ2) is 11.1. The van der Waals surface area contributed by atoms with Gasteiger partial charge in [-0.2, -0.15) is 0 Å². The fourth-order valence-electron chi connectivity index (χ4n) is 5.19. The second-order valence-corrected chi connectivity index (χ2v) is 9.15. The highest BCUT2D eigenvalue weighted by atomic mass is 16.2. The highest BCUT2D eigenvalue weighted by Crippen LogP contribution is 2.33. The van der Waals surface area contributed by atoms with Crippen LogP contribution in [0.3, 0.4) is 0 Å². The Labute approximate surface area is 211 Å². The van der Waals surface area contributed by atoms with Crippen LogP contribution in [0.15, 0.2) is 102 Å². The van der Waals surface area contributed by atoms with Crippen molar-refractivity contribution >= 4 is 11.6 Å². The lowest BCUT2D eigenvalue weighted by molar-refractivity contribution is 0.0624. The van der Waals surface area contributed by atoms with Crippen molar-refractivity contribution in [2.45, 2.75) is 44.1 Å². The van der Waals surface area contributed by atoms with Gasteiger partial charge in [0.2, 0.25) is 0 Å². The van der Waals surface area contributed by atoms with Gasteiger partial charge < -0.3 is 15.5 Å². The van der Waals surface area contributed by atoms with Crippen LogP contribution < -0.4 is 10.6 Å². The van der Waals surface area contributed by atoms with E-state index in [1.165, 1.54) is 11.1 Å². The number of carbonyl (C=O) groups is 1. The summed E-state index contributed by atoms with van der Waals surface area (Å²) in [4.78, 5) is 18.8. The van der Waals surface area contributed by atoms with Gasteiger partial charge >= 0.3 is 0 Å². The van der Waals surface area contributed by atoms with Crippen LogP contribution in [0.2, 0.25) is 0 Å². The predicted molar refractivity (Wildman–Crippen MR) is 143 cm³/mol. The molecule has 3 unspecified atom stereocenters. The molecule has 7 nitrogen and oxygen atoms in total. The molecule has 0 radical (unpaired) electrons. The third kappa shape index (κ3) is 4.98. The Balaban J connectivity index is 1.46. The highest BCUT2D eigenvalue weighted by Gasteiger charge is 2.37. The number of allylic oxidation sites excluding steroid dienone is 4. The van der Waals surface area contributed by atoms with E-state index in [1.54, 1.807) is 0 Å². The van der Waals surface area contributed by atoms with E-state index in [0.717, 1.165) is 30.5 Å². The minimum atomic E-state index is -0.250. The van der Waals surface area contributed by atoms with Crippen LogP contribution in [0, 0.1) is 0 Å². The van der Waals surface area contributed by atoms with E-state index >= 15 is 0 Å². The van der Waals surface area contributed by atoms with Gasteiger partial charge in [-0.25, -0.2) is 0 Å². The summed E-state index contributed by atoms with van der Waals surface area (Å²) < 4.78 is 0. The molecule has 5 rings (SSSR count). The first kappa shape index (κ1) is 23.7. The largest absolute Gasteiger partial charge is 0.363 e. The van der Waals surface area contributed by atoms with Gasteiger partial charge in [-0.3, -0.25) is 4.79 Å². The van der Waals surface area contributed by atoms with Crippen LogP contribution in [0.5, 0.6) is 0 Å². The average molecular weight is 479 g/mol. The lowest BCUT2D eigenvalue weighted by Gasteiger charge is -2.43. The molecule has 0 aromatic heterocycles. The van der Waals surface area contributed by atoms with E-state index in [1.807, 2.05) is 41.3 Å². The lowest BCUT2D eigenvalue weighted by Crippen LogP contribution is -2.57. The number of anilines is 1. The van der Waals surface area contributed by atoms with E-state index in [0.29, 0.717) is 12.1 Å². The van der Waals surface area contributed by atoms with Crippen LogP contribution in [-0.2, 0) is 6.54 Å². The molecule has 36 heavy (non-hydrogen) atoms. The van der Waals surface area contributed by atoms with Crippen molar-refractivity contribution in [2.75, 3.05) is 11.9 Å². The summed E-state index contributed by atoms with van der Waals surface area (Å²) >= 11 is 0. The molecule has 3 atom stereocenters. The zero-order valence-corrected chi connectivity index (χ0v) is 20.1. The molecule has 2 aromatic carbocycles. The van der Waals surface area contributed by atoms with Gasteiger partial charge in [-0.1, -0.05) is 90.1 Å². The Morgan fingerprint density at radius 2 is 2.00 bits per heavy atom. The van der Waals surface area contributed by atoms with Gasteiger partial charge in [0.05, 0.1) is 24.2 Å². The fraction of sp³-hybridized carbons (Fsp3) is 0.276. The third-order valence-electron chi connectivity index (χ3n) is 6.88. The summed E-state index contributed by atoms with van der Waals surface area (Å²) in [6.07, 6.45) is 17.5. The van der Waals surface area contributed by atoms with Crippen LogP contribution in [-0.4, -0.2) is 29.6 Å². The number of azide groups is 1. The zero-order valence-electron chi connectivity index (χ0n) is 20.1. The number of nitrogens with zero attached hydrogens (tertiary/aromatic N) is 4. The maximum atomic E-state index is 14.0. The summed E-state index contributed by atoms with van der Waals surface area (Å²) in [5, 5.41) is 11.1. The fourth-order valence-corrected chi connectivity index (χ4v) is 5.19. The lowest BCUT2D eigenvalue weighted by atomic mass is 9.93. The number of amides is 1. The Bertz CT molecular complexity index is 1270. The molecule has 1 aliphatic heterocycles. The molecule has 2 aromatic rings. The van der Waals surface area contributed by atoms with Crippen LogP contribution >= 0.6 is 0 Å². The minimum absolute atomic E-state index is 0.0287. The number of carbonyl (C=O) groups excluding carboxylic acids is 1. The van der Waals surface area contributed by atoms with E-state index in [-0.39, 0.29) is 30.7 Å². The standard InChI is InChI=1S/C29H30N6O/c30-34-32-19-23-15-10-18-25-27(23)29(36)35(24-16-8-3-9-17-24)26(33-25)20-31-28(21-11-4-1-5-12-21)22-13-6-2-7-14-22/h1,3-6,8-16,18,24,26,28,31,33H,2,7,17,19-20H2. The van der Waals surface area contributed by atoms with Gasteiger partial charge in [0, 0.05) is 17.1 Å². The SMILES string of the molecule is [N-]=[N+]=NCc1cccc2c1C(=O)N(C1C=CC=CC1)C(CNC(C1=CCCC=C1)c1ccccc1)N2. The molecule has 3 aliphatic rings. The molecule has 7 heteroatoms. The molecule has 2 N–H and O–H groups in total. The Morgan fingerprint density at radius 3 is 2.75 bits per heavy atom. The maximum Gasteiger partial charge on any atom is 0.258 e. The van der Waals surface area contributed by atoms with Gasteiger partial charge in [0.25, 0.3) is 5.91 Å². The summed E-state index contributed by atoms with van der Waals surface area (Å²) in [7, 11) is 0. The Kier molecular flexibility index (Phi) is 7.31. The van der Waals surface area contributed by atoms with Crippen molar-refractivity contribution in [2.24, 2.45) is 5.11 Å². The second-order valence-electron chi connectivity index (χ2n) is 9.15. The summed E-state index contributed by atoms with van der Waals surface area (Å²) in [5.74, 6) is -0.0442. The molecular formula is C29H30N6O. The number of hydrogen-bond acceptors (Lipinski definition) is 4. The number of rotatable bonds is 8. The van der Waals surface area contributed by atoms with Crippen LogP contribution in [0.4, 0.5) is 5.69 Å². The smallest absolute Gasteiger partial charge is 0.258 e. The first-order chi connectivity index (χ1) is 17.8. The molecular weight excluding hydrogens is 448 g/mol. The highest BCUT2D eigenvalue weighted by molar-refractivity contribution is 6.03. The molecule has 0 bridgehead atoms. The maximum absolute atomic E-state index is 14.0. The first-order valence-electron chi connectivity index (χ1n) is 12.5. The molecule has 0 saturated carbocycles. The van der Waals surface area contributed by atoms with E-state index in [4.69, 9.17) is 5.53 Å². The summed E-state index contributed by atoms with van der Waals surface area (Å²) in [6, 6.07) is 16.1. The number of hydrogen-bond donors (Lipinski definition) is 2. The number of fused-ring (bicyclic) bond motifs is 1. The van der Waals surface area contributed by atoms with Crippen LogP contribution in [0.1, 0.15) is 46.8 Å². The molecule has 0 spiro atoms. The average Bonchev–Trinajstić information content (AvgIpc) is 2.93. The summed E-state index contributed by atoms with van der Waals surface area (Å²) in [6.45, 7) is 0.700. The topological polar surface area (TPSA) is 93.1 Å². The predicted octanol–water partition coefficient (Wildman–Crippen LogP) is 6.18.